The molecule has 1 aromatic heterocycles. The zero-order valence-corrected chi connectivity index (χ0v) is 13.1. The summed E-state index contributed by atoms with van der Waals surface area (Å²) in [6.45, 7) is 0. The van der Waals surface area contributed by atoms with Gasteiger partial charge >= 0.3 is 0 Å². The third-order valence-corrected chi connectivity index (χ3v) is 4.67. The summed E-state index contributed by atoms with van der Waals surface area (Å²) in [5, 5.41) is 10.2. The number of furan rings is 1. The Morgan fingerprint density at radius 2 is 1.89 bits per heavy atom. The van der Waals surface area contributed by atoms with E-state index in [4.69, 9.17) is 9.15 Å². The lowest BCUT2D eigenvalue weighted by Crippen LogP contribution is -1.99. The van der Waals surface area contributed by atoms with E-state index in [9.17, 15) is 5.11 Å². The molecule has 1 heterocycles. The van der Waals surface area contributed by atoms with Crippen molar-refractivity contribution in [2.24, 2.45) is 0 Å². The molecule has 1 aliphatic carbocycles. The first-order valence-electron chi connectivity index (χ1n) is 6.03. The van der Waals surface area contributed by atoms with E-state index in [1.807, 2.05) is 24.3 Å². The molecule has 1 unspecified atom stereocenters. The summed E-state index contributed by atoms with van der Waals surface area (Å²) in [7, 11) is 0. The first-order valence-corrected chi connectivity index (χ1v) is 7.61. The zero-order valence-electron chi connectivity index (χ0n) is 9.98. The van der Waals surface area contributed by atoms with Gasteiger partial charge in [-0.3, -0.25) is 0 Å². The molecule has 1 aromatic carbocycles. The van der Waals surface area contributed by atoms with Crippen LogP contribution in [0, 0.1) is 0 Å². The number of rotatable bonds is 4. The van der Waals surface area contributed by atoms with E-state index in [2.05, 4.69) is 31.9 Å². The molecule has 1 saturated carbocycles. The second-order valence-electron chi connectivity index (χ2n) is 4.56. The third kappa shape index (κ3) is 3.04. The minimum absolute atomic E-state index is 0.382. The molecule has 3 rings (SSSR count). The van der Waals surface area contributed by atoms with Crippen molar-refractivity contribution in [3.8, 4) is 5.75 Å². The van der Waals surface area contributed by atoms with Gasteiger partial charge in [0.05, 0.1) is 10.6 Å². The molecular weight excluding hydrogens is 376 g/mol. The lowest BCUT2D eigenvalue weighted by atomic mass is 10.1. The molecule has 0 radical (unpaired) electrons. The van der Waals surface area contributed by atoms with Crippen molar-refractivity contribution in [2.75, 3.05) is 0 Å². The minimum atomic E-state index is -0.780. The van der Waals surface area contributed by atoms with Crippen LogP contribution < -0.4 is 4.74 Å². The highest BCUT2D eigenvalue weighted by molar-refractivity contribution is 9.13. The molecule has 19 heavy (non-hydrogen) atoms. The summed E-state index contributed by atoms with van der Waals surface area (Å²) >= 11 is 6.59. The van der Waals surface area contributed by atoms with Gasteiger partial charge in [0.25, 0.3) is 0 Å². The number of benzene rings is 1. The first kappa shape index (κ1) is 13.2. The van der Waals surface area contributed by atoms with E-state index < -0.39 is 6.10 Å². The van der Waals surface area contributed by atoms with E-state index in [0.717, 1.165) is 28.6 Å². The topological polar surface area (TPSA) is 42.6 Å². The van der Waals surface area contributed by atoms with Gasteiger partial charge in [0.1, 0.15) is 17.6 Å². The monoisotopic (exact) mass is 386 g/mol. The fourth-order valence-corrected chi connectivity index (χ4v) is 2.38. The van der Waals surface area contributed by atoms with Crippen LogP contribution in [-0.4, -0.2) is 11.2 Å². The van der Waals surface area contributed by atoms with Crippen molar-refractivity contribution in [1.82, 2.24) is 0 Å². The molecule has 2 aromatic rings. The summed E-state index contributed by atoms with van der Waals surface area (Å²) in [4.78, 5) is 0. The van der Waals surface area contributed by atoms with E-state index >= 15 is 0 Å². The summed E-state index contributed by atoms with van der Waals surface area (Å²) < 4.78 is 12.5. The van der Waals surface area contributed by atoms with Gasteiger partial charge in [0, 0.05) is 0 Å². The van der Waals surface area contributed by atoms with E-state index in [-0.39, 0.29) is 0 Å². The smallest absolute Gasteiger partial charge is 0.183 e. The standard InChI is InChI=1S/C14H12Br2O3/c15-11-7-12(19-14(11)16)13(17)8-1-3-9(4-2-8)18-10-5-6-10/h1-4,7,10,13,17H,5-6H2. The Bertz CT molecular complexity index is 553. The highest BCUT2D eigenvalue weighted by Crippen LogP contribution is 2.33. The fourth-order valence-electron chi connectivity index (χ4n) is 1.77. The van der Waals surface area contributed by atoms with Crippen LogP contribution in [0.2, 0.25) is 0 Å². The van der Waals surface area contributed by atoms with Crippen LogP contribution in [0.5, 0.6) is 5.75 Å². The van der Waals surface area contributed by atoms with Crippen LogP contribution >= 0.6 is 31.9 Å². The highest BCUT2D eigenvalue weighted by atomic mass is 79.9. The van der Waals surface area contributed by atoms with E-state index in [1.54, 1.807) is 6.07 Å². The zero-order chi connectivity index (χ0) is 13.4. The van der Waals surface area contributed by atoms with Crippen LogP contribution in [0.3, 0.4) is 0 Å². The summed E-state index contributed by atoms with van der Waals surface area (Å²) in [6, 6.07) is 9.22. The lowest BCUT2D eigenvalue weighted by Gasteiger charge is -2.09. The molecule has 1 atom stereocenters. The minimum Gasteiger partial charge on any atom is -0.490 e. The molecule has 5 heteroatoms. The third-order valence-electron chi connectivity index (χ3n) is 2.96. The number of hydrogen-bond acceptors (Lipinski definition) is 3. The van der Waals surface area contributed by atoms with Gasteiger partial charge in [-0.05, 0) is 68.5 Å². The second kappa shape index (κ2) is 5.31. The first-order chi connectivity index (χ1) is 9.13. The van der Waals surface area contributed by atoms with Crippen LogP contribution in [0.15, 0.2) is 43.9 Å². The van der Waals surface area contributed by atoms with Gasteiger partial charge in [-0.25, -0.2) is 0 Å². The fraction of sp³-hybridized carbons (Fsp3) is 0.286. The van der Waals surface area contributed by atoms with Gasteiger partial charge in [0.2, 0.25) is 0 Å². The molecule has 0 amide bonds. The van der Waals surface area contributed by atoms with Gasteiger partial charge < -0.3 is 14.3 Å². The van der Waals surface area contributed by atoms with Crippen LogP contribution in [0.4, 0.5) is 0 Å². The maximum Gasteiger partial charge on any atom is 0.183 e. The van der Waals surface area contributed by atoms with Crippen molar-refractivity contribution in [3.05, 3.63) is 50.8 Å². The number of ether oxygens (including phenoxy) is 1. The molecule has 1 aliphatic rings. The largest absolute Gasteiger partial charge is 0.490 e. The molecule has 100 valence electrons. The Kier molecular flexibility index (Phi) is 3.69. The van der Waals surface area contributed by atoms with Crippen LogP contribution in [0.25, 0.3) is 0 Å². The van der Waals surface area contributed by atoms with Crippen molar-refractivity contribution in [3.63, 3.8) is 0 Å². The summed E-state index contributed by atoms with van der Waals surface area (Å²) in [5.74, 6) is 1.34. The predicted molar refractivity (Wildman–Crippen MR) is 78.3 cm³/mol. The van der Waals surface area contributed by atoms with Crippen molar-refractivity contribution in [2.45, 2.75) is 25.0 Å². The SMILES string of the molecule is OC(c1ccc(OC2CC2)cc1)c1cc(Br)c(Br)o1. The molecular formula is C14H12Br2O3. The number of hydrogen-bond donors (Lipinski definition) is 1. The van der Waals surface area contributed by atoms with Gasteiger partial charge in [-0.15, -0.1) is 0 Å². The molecule has 0 aliphatic heterocycles. The average molecular weight is 388 g/mol. The van der Waals surface area contributed by atoms with Gasteiger partial charge in [0.15, 0.2) is 4.67 Å². The van der Waals surface area contributed by atoms with Crippen LogP contribution in [-0.2, 0) is 0 Å². The van der Waals surface area contributed by atoms with Gasteiger partial charge in [-0.1, -0.05) is 12.1 Å². The summed E-state index contributed by atoms with van der Waals surface area (Å²) in [6.07, 6.45) is 1.88. The average Bonchev–Trinajstić information content (AvgIpc) is 3.15. The normalized spacial score (nSPS) is 16.4. The Labute approximate surface area is 127 Å². The molecule has 1 N–H and O–H groups in total. The van der Waals surface area contributed by atoms with E-state index in [1.165, 1.54) is 0 Å². The predicted octanol–water partition coefficient (Wildman–Crippen LogP) is 4.43. The molecule has 0 bridgehead atoms. The van der Waals surface area contributed by atoms with Crippen molar-refractivity contribution in [1.29, 1.82) is 0 Å². The number of halogens is 2. The molecule has 0 spiro atoms. The maximum atomic E-state index is 10.2. The van der Waals surface area contributed by atoms with Crippen molar-refractivity contribution < 1.29 is 14.3 Å². The molecule has 1 fully saturated rings. The van der Waals surface area contributed by atoms with Gasteiger partial charge in [-0.2, -0.15) is 0 Å². The van der Waals surface area contributed by atoms with Crippen molar-refractivity contribution >= 4 is 31.9 Å². The Morgan fingerprint density at radius 3 is 2.42 bits per heavy atom. The maximum absolute atomic E-state index is 10.2. The number of aliphatic hydroxyl groups is 1. The Morgan fingerprint density at radius 1 is 1.21 bits per heavy atom. The Balaban J connectivity index is 1.76. The number of aliphatic hydroxyl groups excluding tert-OH is 1. The second-order valence-corrected chi connectivity index (χ2v) is 6.13. The summed E-state index contributed by atoms with van der Waals surface area (Å²) in [5.41, 5.74) is 0.775. The molecule has 0 saturated heterocycles. The van der Waals surface area contributed by atoms with E-state index in [0.29, 0.717) is 16.5 Å². The van der Waals surface area contributed by atoms with Crippen LogP contribution in [0.1, 0.15) is 30.3 Å². The molecule has 3 nitrogen and oxygen atoms in total. The Hall–Kier alpha value is -0.780. The lowest BCUT2D eigenvalue weighted by molar-refractivity contribution is 0.187. The highest BCUT2D eigenvalue weighted by Gasteiger charge is 2.23. The quantitative estimate of drug-likeness (QED) is 0.843.